The van der Waals surface area contributed by atoms with Gasteiger partial charge in [-0.2, -0.15) is 13.2 Å². The third-order valence-corrected chi connectivity index (χ3v) is 4.78. The number of halogens is 3. The molecule has 1 aliphatic heterocycles. The molecule has 1 fully saturated rings. The molecule has 2 aromatic rings. The van der Waals surface area contributed by atoms with Crippen molar-refractivity contribution < 1.29 is 27.2 Å². The molecule has 10 heteroatoms. The van der Waals surface area contributed by atoms with E-state index in [0.29, 0.717) is 38.5 Å². The first kappa shape index (κ1) is 21.8. The molecule has 0 unspecified atom stereocenters. The highest BCUT2D eigenvalue weighted by atomic mass is 19.4. The molecule has 2 N–H and O–H groups in total. The van der Waals surface area contributed by atoms with Crippen LogP contribution in [-0.4, -0.2) is 54.5 Å². The van der Waals surface area contributed by atoms with Crippen LogP contribution < -0.4 is 10.6 Å². The quantitative estimate of drug-likeness (QED) is 0.745. The fraction of sp³-hybridized carbons (Fsp3) is 0.400. The van der Waals surface area contributed by atoms with Crippen LogP contribution in [0.15, 0.2) is 47.1 Å². The van der Waals surface area contributed by atoms with E-state index in [0.717, 1.165) is 17.7 Å². The summed E-state index contributed by atoms with van der Waals surface area (Å²) in [7, 11) is 0. The number of carbonyl (C=O) groups is 2. The molecule has 0 atom stereocenters. The summed E-state index contributed by atoms with van der Waals surface area (Å²) in [4.78, 5) is 27.8. The van der Waals surface area contributed by atoms with E-state index in [1.54, 1.807) is 12.1 Å². The summed E-state index contributed by atoms with van der Waals surface area (Å²) in [5.74, 6) is 0.185. The zero-order chi connectivity index (χ0) is 21.6. The van der Waals surface area contributed by atoms with Crippen LogP contribution in [0.1, 0.15) is 16.9 Å². The van der Waals surface area contributed by atoms with Gasteiger partial charge in [-0.05, 0) is 29.8 Å². The maximum atomic E-state index is 12.6. The minimum absolute atomic E-state index is 0.0995. The molecule has 162 valence electrons. The van der Waals surface area contributed by atoms with E-state index in [1.807, 2.05) is 4.90 Å². The smallest absolute Gasteiger partial charge is 0.416 e. The van der Waals surface area contributed by atoms with Crippen LogP contribution in [-0.2, 0) is 24.1 Å². The first-order chi connectivity index (χ1) is 14.3. The summed E-state index contributed by atoms with van der Waals surface area (Å²) in [6.07, 6.45) is -2.84. The Morgan fingerprint density at radius 2 is 1.67 bits per heavy atom. The van der Waals surface area contributed by atoms with Crippen LogP contribution in [0.25, 0.3) is 0 Å². The molecule has 1 aromatic heterocycles. The number of hydrogen-bond donors (Lipinski definition) is 2. The lowest BCUT2D eigenvalue weighted by Crippen LogP contribution is -2.50. The average Bonchev–Trinajstić information content (AvgIpc) is 3.21. The van der Waals surface area contributed by atoms with E-state index < -0.39 is 23.7 Å². The third-order valence-electron chi connectivity index (χ3n) is 4.78. The molecule has 2 heterocycles. The van der Waals surface area contributed by atoms with Crippen LogP contribution in [0.5, 0.6) is 0 Å². The van der Waals surface area contributed by atoms with Crippen molar-refractivity contribution in [3.8, 4) is 0 Å². The van der Waals surface area contributed by atoms with E-state index in [2.05, 4.69) is 15.5 Å². The molecule has 1 aromatic carbocycles. The number of alkyl halides is 3. The van der Waals surface area contributed by atoms with E-state index in [1.165, 1.54) is 18.4 Å². The van der Waals surface area contributed by atoms with Gasteiger partial charge < -0.3 is 9.73 Å². The topological polar surface area (TPSA) is 77.8 Å². The predicted octanol–water partition coefficient (Wildman–Crippen LogP) is 2.44. The molecule has 3 rings (SSSR count). The van der Waals surface area contributed by atoms with Gasteiger partial charge in [-0.25, -0.2) is 4.79 Å². The van der Waals surface area contributed by atoms with E-state index in [-0.39, 0.29) is 13.1 Å². The van der Waals surface area contributed by atoms with Crippen LogP contribution in [0, 0.1) is 0 Å². The summed E-state index contributed by atoms with van der Waals surface area (Å²) in [5.41, 5.74) is 0.151. The lowest BCUT2D eigenvalue weighted by molar-refractivity contribution is -0.137. The van der Waals surface area contributed by atoms with Gasteiger partial charge >= 0.3 is 12.2 Å². The fourth-order valence-electron chi connectivity index (χ4n) is 3.16. The number of urea groups is 1. The standard InChI is InChI=1S/C20H23F3N4O3/c21-20(22,23)16-5-3-15(4-6-16)13-26-7-9-27(10-8-26)14-18(28)25-19(29)24-12-17-2-1-11-30-17/h1-6,11H,7-10,12-14H2,(H2,24,25,28,29). The van der Waals surface area contributed by atoms with Crippen LogP contribution in [0.2, 0.25) is 0 Å². The van der Waals surface area contributed by atoms with Crippen LogP contribution >= 0.6 is 0 Å². The molecular formula is C20H23F3N4O3. The van der Waals surface area contributed by atoms with E-state index in [4.69, 9.17) is 4.42 Å². The maximum Gasteiger partial charge on any atom is 0.416 e. The van der Waals surface area contributed by atoms with Gasteiger partial charge in [-0.3, -0.25) is 19.9 Å². The Kier molecular flexibility index (Phi) is 7.11. The zero-order valence-corrected chi connectivity index (χ0v) is 16.2. The second kappa shape index (κ2) is 9.77. The Morgan fingerprint density at radius 1 is 1.00 bits per heavy atom. The minimum atomic E-state index is -4.33. The van der Waals surface area contributed by atoms with Crippen molar-refractivity contribution >= 4 is 11.9 Å². The highest BCUT2D eigenvalue weighted by Crippen LogP contribution is 2.29. The number of piperazine rings is 1. The largest absolute Gasteiger partial charge is 0.467 e. The van der Waals surface area contributed by atoms with Gasteiger partial charge in [-0.1, -0.05) is 12.1 Å². The third kappa shape index (κ3) is 6.60. The predicted molar refractivity (Wildman–Crippen MR) is 102 cm³/mol. The normalized spacial score (nSPS) is 15.7. The van der Waals surface area contributed by atoms with E-state index in [9.17, 15) is 22.8 Å². The first-order valence-electron chi connectivity index (χ1n) is 9.50. The lowest BCUT2D eigenvalue weighted by atomic mass is 10.1. The van der Waals surface area contributed by atoms with Crippen LogP contribution in [0.3, 0.4) is 0 Å². The van der Waals surface area contributed by atoms with Crippen molar-refractivity contribution in [2.24, 2.45) is 0 Å². The van der Waals surface area contributed by atoms with Gasteiger partial charge in [0.05, 0.1) is 24.9 Å². The van der Waals surface area contributed by atoms with Crippen molar-refractivity contribution in [2.75, 3.05) is 32.7 Å². The van der Waals surface area contributed by atoms with Gasteiger partial charge in [0.2, 0.25) is 5.91 Å². The molecule has 0 radical (unpaired) electrons. The number of amides is 3. The molecule has 1 aliphatic rings. The summed E-state index contributed by atoms with van der Waals surface area (Å²) in [5, 5.41) is 4.82. The number of nitrogens with one attached hydrogen (secondary N) is 2. The molecule has 7 nitrogen and oxygen atoms in total. The second-order valence-corrected chi connectivity index (χ2v) is 7.06. The van der Waals surface area contributed by atoms with Crippen molar-refractivity contribution in [3.05, 3.63) is 59.5 Å². The van der Waals surface area contributed by atoms with Gasteiger partial charge in [0.1, 0.15) is 5.76 Å². The van der Waals surface area contributed by atoms with Crippen molar-refractivity contribution in [1.29, 1.82) is 0 Å². The average molecular weight is 424 g/mol. The number of benzene rings is 1. The Balaban J connectivity index is 1.35. The minimum Gasteiger partial charge on any atom is -0.467 e. The van der Waals surface area contributed by atoms with Gasteiger partial charge in [0.25, 0.3) is 0 Å². The molecule has 3 amide bonds. The van der Waals surface area contributed by atoms with E-state index >= 15 is 0 Å². The zero-order valence-electron chi connectivity index (χ0n) is 16.2. The molecule has 30 heavy (non-hydrogen) atoms. The monoisotopic (exact) mass is 424 g/mol. The Bertz CT molecular complexity index is 830. The van der Waals surface area contributed by atoms with Gasteiger partial charge in [0, 0.05) is 32.7 Å². The molecule has 0 aliphatic carbocycles. The first-order valence-corrected chi connectivity index (χ1v) is 9.50. The molecule has 1 saturated heterocycles. The lowest BCUT2D eigenvalue weighted by Gasteiger charge is -2.34. The highest BCUT2D eigenvalue weighted by Gasteiger charge is 2.30. The summed E-state index contributed by atoms with van der Waals surface area (Å²) in [6, 6.07) is 7.99. The number of furan rings is 1. The number of nitrogens with zero attached hydrogens (tertiary/aromatic N) is 2. The fourth-order valence-corrected chi connectivity index (χ4v) is 3.16. The Labute approximate surface area is 171 Å². The number of rotatable bonds is 6. The molecular weight excluding hydrogens is 401 g/mol. The number of hydrogen-bond acceptors (Lipinski definition) is 5. The van der Waals surface area contributed by atoms with Gasteiger partial charge in [-0.15, -0.1) is 0 Å². The number of carbonyl (C=O) groups excluding carboxylic acids is 2. The van der Waals surface area contributed by atoms with Gasteiger partial charge in [0.15, 0.2) is 0 Å². The molecule has 0 bridgehead atoms. The van der Waals surface area contributed by atoms with Crippen molar-refractivity contribution in [2.45, 2.75) is 19.3 Å². The maximum absolute atomic E-state index is 12.6. The summed E-state index contributed by atoms with van der Waals surface area (Å²) < 4.78 is 43.0. The number of imide groups is 1. The molecule has 0 saturated carbocycles. The van der Waals surface area contributed by atoms with Crippen LogP contribution in [0.4, 0.5) is 18.0 Å². The SMILES string of the molecule is O=C(CN1CCN(Cc2ccc(C(F)(F)F)cc2)CC1)NC(=O)NCc1ccco1. The van der Waals surface area contributed by atoms with Crippen molar-refractivity contribution in [1.82, 2.24) is 20.4 Å². The second-order valence-electron chi connectivity index (χ2n) is 7.06. The molecule has 0 spiro atoms. The Hall–Kier alpha value is -2.85. The Morgan fingerprint density at radius 3 is 2.27 bits per heavy atom. The summed E-state index contributed by atoms with van der Waals surface area (Å²) >= 11 is 0. The van der Waals surface area contributed by atoms with Crippen molar-refractivity contribution in [3.63, 3.8) is 0 Å². The summed E-state index contributed by atoms with van der Waals surface area (Å²) in [6.45, 7) is 3.45. The highest BCUT2D eigenvalue weighted by molar-refractivity contribution is 5.95.